The largest absolute Gasteiger partial charge is 0.435 e. The van der Waals surface area contributed by atoms with E-state index in [0.717, 1.165) is 23.5 Å². The van der Waals surface area contributed by atoms with Gasteiger partial charge in [0.2, 0.25) is 0 Å². The molecule has 0 bridgehead atoms. The summed E-state index contributed by atoms with van der Waals surface area (Å²) in [6.07, 6.45) is 0. The normalized spacial score (nSPS) is 11.8. The number of aryl methyl sites for hydroxylation is 1. The monoisotopic (exact) mass is 482 g/mol. The van der Waals surface area contributed by atoms with Crippen molar-refractivity contribution in [3.05, 3.63) is 80.9 Å². The molecule has 1 atom stereocenters. The summed E-state index contributed by atoms with van der Waals surface area (Å²) in [5, 5.41) is 5.84. The van der Waals surface area contributed by atoms with Gasteiger partial charge < -0.3 is 15.4 Å². The number of alkyl halides is 2. The van der Waals surface area contributed by atoms with E-state index >= 15 is 0 Å². The molecule has 0 saturated carbocycles. The van der Waals surface area contributed by atoms with Crippen LogP contribution in [-0.4, -0.2) is 18.4 Å². The Hall–Kier alpha value is -3.04. The minimum absolute atomic E-state index is 0.00430. The number of anilines is 1. The molecular formula is C22H18ClF3N2O3S. The fourth-order valence-corrected chi connectivity index (χ4v) is 4.15. The maximum atomic E-state index is 13.2. The summed E-state index contributed by atoms with van der Waals surface area (Å²) >= 11 is 6.98. The van der Waals surface area contributed by atoms with Gasteiger partial charge in [0.1, 0.15) is 11.6 Å². The number of thiophene rings is 1. The van der Waals surface area contributed by atoms with Crippen LogP contribution in [0.3, 0.4) is 0 Å². The van der Waals surface area contributed by atoms with Crippen LogP contribution in [0.15, 0.2) is 48.5 Å². The highest BCUT2D eigenvalue weighted by atomic mass is 35.5. The van der Waals surface area contributed by atoms with Crippen molar-refractivity contribution in [1.29, 1.82) is 0 Å². The van der Waals surface area contributed by atoms with Crippen molar-refractivity contribution in [3.8, 4) is 5.75 Å². The second-order valence-electron chi connectivity index (χ2n) is 6.85. The van der Waals surface area contributed by atoms with Crippen molar-refractivity contribution < 1.29 is 27.5 Å². The molecule has 3 rings (SSSR count). The third-order valence-electron chi connectivity index (χ3n) is 4.47. The molecule has 32 heavy (non-hydrogen) atoms. The molecule has 168 valence electrons. The van der Waals surface area contributed by atoms with E-state index in [4.69, 9.17) is 11.6 Å². The molecule has 0 aliphatic rings. The van der Waals surface area contributed by atoms with E-state index in [-0.39, 0.29) is 22.2 Å². The zero-order valence-corrected chi connectivity index (χ0v) is 18.5. The van der Waals surface area contributed by atoms with Gasteiger partial charge in [0.05, 0.1) is 26.5 Å². The number of carbonyl (C=O) groups is 2. The van der Waals surface area contributed by atoms with E-state index in [1.54, 1.807) is 32.0 Å². The van der Waals surface area contributed by atoms with Crippen molar-refractivity contribution in [2.45, 2.75) is 26.5 Å². The number of hydrogen-bond acceptors (Lipinski definition) is 4. The van der Waals surface area contributed by atoms with Crippen molar-refractivity contribution in [1.82, 2.24) is 5.32 Å². The van der Waals surface area contributed by atoms with Gasteiger partial charge in [-0.1, -0.05) is 23.7 Å². The quantitative estimate of drug-likeness (QED) is 0.421. The van der Waals surface area contributed by atoms with Gasteiger partial charge in [0, 0.05) is 0 Å². The number of rotatable bonds is 7. The topological polar surface area (TPSA) is 67.4 Å². The Bertz CT molecular complexity index is 1150. The van der Waals surface area contributed by atoms with E-state index in [0.29, 0.717) is 21.0 Å². The van der Waals surface area contributed by atoms with Crippen LogP contribution >= 0.6 is 22.9 Å². The lowest BCUT2D eigenvalue weighted by atomic mass is 10.1. The predicted octanol–water partition coefficient (Wildman–Crippen LogP) is 6.19. The minimum Gasteiger partial charge on any atom is -0.435 e. The maximum Gasteiger partial charge on any atom is 0.387 e. The summed E-state index contributed by atoms with van der Waals surface area (Å²) in [6.45, 7) is 0.484. The van der Waals surface area contributed by atoms with E-state index in [2.05, 4.69) is 15.4 Å². The lowest BCUT2D eigenvalue weighted by molar-refractivity contribution is -0.0499. The molecule has 1 heterocycles. The molecule has 5 nitrogen and oxygen atoms in total. The van der Waals surface area contributed by atoms with Gasteiger partial charge in [0.25, 0.3) is 11.8 Å². The zero-order chi connectivity index (χ0) is 23.4. The van der Waals surface area contributed by atoms with Crippen LogP contribution in [0.1, 0.15) is 44.1 Å². The molecule has 2 N–H and O–H groups in total. The Balaban J connectivity index is 1.70. The van der Waals surface area contributed by atoms with Crippen molar-refractivity contribution in [3.63, 3.8) is 0 Å². The number of nitrogens with one attached hydrogen (secondary N) is 2. The second-order valence-corrected chi connectivity index (χ2v) is 8.31. The third-order valence-corrected chi connectivity index (χ3v) is 5.93. The summed E-state index contributed by atoms with van der Waals surface area (Å²) in [5.74, 6) is -1.49. The van der Waals surface area contributed by atoms with Crippen molar-refractivity contribution in [2.75, 3.05) is 5.32 Å². The Morgan fingerprint density at radius 3 is 2.53 bits per heavy atom. The molecule has 3 aromatic rings. The van der Waals surface area contributed by atoms with E-state index in [9.17, 15) is 22.8 Å². The minimum atomic E-state index is -2.94. The molecule has 1 aromatic heterocycles. The highest BCUT2D eigenvalue weighted by Gasteiger charge is 2.19. The molecule has 1 unspecified atom stereocenters. The Kier molecular flexibility index (Phi) is 7.42. The molecule has 0 aliphatic carbocycles. The van der Waals surface area contributed by atoms with Gasteiger partial charge in [-0.3, -0.25) is 9.59 Å². The molecule has 0 saturated heterocycles. The number of amides is 2. The van der Waals surface area contributed by atoms with Crippen LogP contribution in [0.4, 0.5) is 18.2 Å². The number of ether oxygens (including phenoxy) is 1. The molecule has 2 aromatic carbocycles. The average Bonchev–Trinajstić information content (AvgIpc) is 3.07. The summed E-state index contributed by atoms with van der Waals surface area (Å²) in [4.78, 5) is 25.5. The lowest BCUT2D eigenvalue weighted by Gasteiger charge is -2.15. The summed E-state index contributed by atoms with van der Waals surface area (Å²) in [5.41, 5.74) is 1.32. The summed E-state index contributed by atoms with van der Waals surface area (Å²) in [6, 6.07) is 10.7. The molecule has 10 heteroatoms. The number of halogens is 4. The van der Waals surface area contributed by atoms with Crippen LogP contribution in [0, 0.1) is 12.7 Å². The molecule has 0 fully saturated rings. The number of hydrogen-bond donors (Lipinski definition) is 2. The van der Waals surface area contributed by atoms with Gasteiger partial charge in [0.15, 0.2) is 0 Å². The van der Waals surface area contributed by atoms with Crippen LogP contribution in [-0.2, 0) is 0 Å². The molecular weight excluding hydrogens is 465 g/mol. The molecule has 0 spiro atoms. The second kappa shape index (κ2) is 10.1. The van der Waals surface area contributed by atoms with E-state index in [1.807, 2.05) is 0 Å². The smallest absolute Gasteiger partial charge is 0.387 e. The number of benzene rings is 2. The maximum absolute atomic E-state index is 13.2. The average molecular weight is 483 g/mol. The Labute approximate surface area is 191 Å². The van der Waals surface area contributed by atoms with Gasteiger partial charge in [-0.15, -0.1) is 11.3 Å². The number of carbonyl (C=O) groups excluding carboxylic acids is 2. The molecule has 2 amide bonds. The highest BCUT2D eigenvalue weighted by Crippen LogP contribution is 2.29. The van der Waals surface area contributed by atoms with Crippen LogP contribution in [0.2, 0.25) is 5.02 Å². The molecule has 0 aliphatic heterocycles. The van der Waals surface area contributed by atoms with Crippen molar-refractivity contribution in [2.24, 2.45) is 0 Å². The fraction of sp³-hybridized carbons (Fsp3) is 0.182. The Morgan fingerprint density at radius 2 is 1.84 bits per heavy atom. The first-order valence-corrected chi connectivity index (χ1v) is 10.6. The predicted molar refractivity (Wildman–Crippen MR) is 117 cm³/mol. The molecule has 0 radical (unpaired) electrons. The van der Waals surface area contributed by atoms with Gasteiger partial charge in [-0.05, 0) is 61.4 Å². The van der Waals surface area contributed by atoms with Crippen LogP contribution in [0.5, 0.6) is 5.75 Å². The SMILES string of the molecule is Cc1cc(NC(=O)c2ccc(F)cc2Cl)sc1C(=O)NC(C)c1cccc(OC(F)F)c1. The summed E-state index contributed by atoms with van der Waals surface area (Å²) < 4.78 is 42.4. The first-order chi connectivity index (χ1) is 15.1. The summed E-state index contributed by atoms with van der Waals surface area (Å²) in [7, 11) is 0. The Morgan fingerprint density at radius 1 is 1.09 bits per heavy atom. The first kappa shape index (κ1) is 23.6. The van der Waals surface area contributed by atoms with Crippen LogP contribution in [0.25, 0.3) is 0 Å². The van der Waals surface area contributed by atoms with Crippen molar-refractivity contribution >= 4 is 39.8 Å². The zero-order valence-electron chi connectivity index (χ0n) is 16.9. The van der Waals surface area contributed by atoms with Crippen LogP contribution < -0.4 is 15.4 Å². The highest BCUT2D eigenvalue weighted by molar-refractivity contribution is 7.18. The van der Waals surface area contributed by atoms with E-state index < -0.39 is 24.4 Å². The van der Waals surface area contributed by atoms with Gasteiger partial charge in [-0.2, -0.15) is 8.78 Å². The third kappa shape index (κ3) is 5.80. The fourth-order valence-electron chi connectivity index (χ4n) is 2.93. The van der Waals surface area contributed by atoms with Gasteiger partial charge >= 0.3 is 6.61 Å². The lowest BCUT2D eigenvalue weighted by Crippen LogP contribution is -2.26. The first-order valence-electron chi connectivity index (χ1n) is 9.36. The van der Waals surface area contributed by atoms with Gasteiger partial charge in [-0.25, -0.2) is 4.39 Å². The standard InChI is InChI=1S/C22H18ClF3N2O3S/c1-11-8-18(28-20(29)16-7-6-14(24)10-17(16)23)32-19(11)21(30)27-12(2)13-4-3-5-15(9-13)31-22(25)26/h3-10,12,22H,1-2H3,(H,27,30)(H,28,29). The van der Waals surface area contributed by atoms with E-state index in [1.165, 1.54) is 18.2 Å².